The zero-order valence-corrected chi connectivity index (χ0v) is 16.8. The zero-order chi connectivity index (χ0) is 19.5. The third kappa shape index (κ3) is 5.23. The highest BCUT2D eigenvalue weighted by molar-refractivity contribution is 6.35. The highest BCUT2D eigenvalue weighted by Crippen LogP contribution is 2.27. The molecule has 0 fully saturated rings. The molecule has 26 heavy (non-hydrogen) atoms. The second kappa shape index (κ2) is 8.11. The van der Waals surface area contributed by atoms with E-state index in [0.29, 0.717) is 21.4 Å². The molecule has 4 nitrogen and oxygen atoms in total. The maximum Gasteiger partial charge on any atom is 0.244 e. The molecule has 2 amide bonds. The Labute approximate surface area is 164 Å². The summed E-state index contributed by atoms with van der Waals surface area (Å²) in [6.45, 7) is 7.66. The summed E-state index contributed by atoms with van der Waals surface area (Å²) in [6, 6.07) is 12.4. The number of amides is 2. The molecule has 0 aromatic heterocycles. The molecule has 0 saturated heterocycles. The molecule has 0 spiro atoms. The van der Waals surface area contributed by atoms with Crippen molar-refractivity contribution in [3.63, 3.8) is 0 Å². The van der Waals surface area contributed by atoms with E-state index in [4.69, 9.17) is 23.2 Å². The van der Waals surface area contributed by atoms with Crippen LogP contribution in [0.25, 0.3) is 0 Å². The van der Waals surface area contributed by atoms with Gasteiger partial charge in [0.25, 0.3) is 0 Å². The molecule has 0 radical (unpaired) electrons. The monoisotopic (exact) mass is 392 g/mol. The van der Waals surface area contributed by atoms with E-state index in [-0.39, 0.29) is 23.8 Å². The summed E-state index contributed by atoms with van der Waals surface area (Å²) in [5, 5.41) is 3.54. The lowest BCUT2D eigenvalue weighted by Gasteiger charge is -2.23. The molecule has 2 aromatic carbocycles. The van der Waals surface area contributed by atoms with Crippen LogP contribution in [0.3, 0.4) is 0 Å². The molecule has 0 aliphatic carbocycles. The van der Waals surface area contributed by atoms with Crippen molar-refractivity contribution >= 4 is 46.4 Å². The smallest absolute Gasteiger partial charge is 0.244 e. The van der Waals surface area contributed by atoms with Gasteiger partial charge in [0.05, 0.1) is 10.7 Å². The summed E-state index contributed by atoms with van der Waals surface area (Å²) in [6.07, 6.45) is 0. The van der Waals surface area contributed by atoms with Crippen molar-refractivity contribution in [3.8, 4) is 0 Å². The number of hydrogen-bond donors (Lipinski definition) is 1. The first kappa shape index (κ1) is 20.3. The van der Waals surface area contributed by atoms with Crippen molar-refractivity contribution in [2.75, 3.05) is 16.8 Å². The van der Waals surface area contributed by atoms with Crippen molar-refractivity contribution in [1.29, 1.82) is 0 Å². The third-order valence-electron chi connectivity index (χ3n) is 3.93. The minimum atomic E-state index is -0.357. The largest absolute Gasteiger partial charge is 0.323 e. The standard InChI is InChI=1S/C20H22Cl2N2O2/c1-13(25)24(16-8-5-14(6-9-16)20(2,3)4)12-19(26)23-18-11-15(21)7-10-17(18)22/h5-11H,12H2,1-4H3,(H,23,26). The van der Waals surface area contributed by atoms with E-state index in [1.165, 1.54) is 11.8 Å². The minimum absolute atomic E-state index is 0.0142. The van der Waals surface area contributed by atoms with Crippen LogP contribution in [-0.4, -0.2) is 18.4 Å². The van der Waals surface area contributed by atoms with Crippen LogP contribution >= 0.6 is 23.2 Å². The van der Waals surface area contributed by atoms with Crippen molar-refractivity contribution in [2.24, 2.45) is 0 Å². The Morgan fingerprint density at radius 2 is 1.65 bits per heavy atom. The topological polar surface area (TPSA) is 49.4 Å². The fourth-order valence-electron chi connectivity index (χ4n) is 2.45. The zero-order valence-electron chi connectivity index (χ0n) is 15.3. The first-order valence-corrected chi connectivity index (χ1v) is 8.97. The molecular weight excluding hydrogens is 371 g/mol. The lowest BCUT2D eigenvalue weighted by molar-refractivity contribution is -0.120. The van der Waals surface area contributed by atoms with Crippen LogP contribution < -0.4 is 10.2 Å². The lowest BCUT2D eigenvalue weighted by Crippen LogP contribution is -2.36. The molecule has 138 valence electrons. The number of halogens is 2. The number of carbonyl (C=O) groups is 2. The Morgan fingerprint density at radius 1 is 1.04 bits per heavy atom. The van der Waals surface area contributed by atoms with Crippen molar-refractivity contribution in [1.82, 2.24) is 0 Å². The number of carbonyl (C=O) groups excluding carboxylic acids is 2. The van der Waals surface area contributed by atoms with Gasteiger partial charge in [-0.2, -0.15) is 0 Å². The fourth-order valence-corrected chi connectivity index (χ4v) is 2.79. The predicted molar refractivity (Wildman–Crippen MR) is 108 cm³/mol. The van der Waals surface area contributed by atoms with Gasteiger partial charge < -0.3 is 10.2 Å². The third-order valence-corrected chi connectivity index (χ3v) is 4.49. The fraction of sp³-hybridized carbons (Fsp3) is 0.300. The summed E-state index contributed by atoms with van der Waals surface area (Å²) in [7, 11) is 0. The Bertz CT molecular complexity index is 812. The predicted octanol–water partition coefficient (Wildman–Crippen LogP) is 5.28. The number of benzene rings is 2. The Hall–Kier alpha value is -2.04. The number of anilines is 2. The van der Waals surface area contributed by atoms with E-state index in [1.807, 2.05) is 24.3 Å². The molecule has 2 aromatic rings. The van der Waals surface area contributed by atoms with Crippen molar-refractivity contribution in [3.05, 3.63) is 58.1 Å². The van der Waals surface area contributed by atoms with Gasteiger partial charge in [0.15, 0.2) is 0 Å². The summed E-state index contributed by atoms with van der Waals surface area (Å²) in [5.41, 5.74) is 2.24. The van der Waals surface area contributed by atoms with E-state index >= 15 is 0 Å². The van der Waals surface area contributed by atoms with E-state index in [1.54, 1.807) is 18.2 Å². The second-order valence-corrected chi connectivity index (χ2v) is 7.92. The molecule has 0 aliphatic rings. The van der Waals surface area contributed by atoms with Gasteiger partial charge in [0.1, 0.15) is 6.54 Å². The molecule has 0 heterocycles. The van der Waals surface area contributed by atoms with Gasteiger partial charge in [-0.1, -0.05) is 56.1 Å². The summed E-state index contributed by atoms with van der Waals surface area (Å²) >= 11 is 12.0. The average Bonchev–Trinajstić information content (AvgIpc) is 2.55. The summed E-state index contributed by atoms with van der Waals surface area (Å²) in [4.78, 5) is 25.8. The number of hydrogen-bond acceptors (Lipinski definition) is 2. The van der Waals surface area contributed by atoms with Crippen LogP contribution in [0.1, 0.15) is 33.3 Å². The Balaban J connectivity index is 2.16. The van der Waals surface area contributed by atoms with Crippen LogP contribution in [0.15, 0.2) is 42.5 Å². The van der Waals surface area contributed by atoms with Gasteiger partial charge in [-0.15, -0.1) is 0 Å². The normalized spacial score (nSPS) is 11.2. The average molecular weight is 393 g/mol. The number of nitrogens with zero attached hydrogens (tertiary/aromatic N) is 1. The van der Waals surface area contributed by atoms with Gasteiger partial charge in [-0.25, -0.2) is 0 Å². The van der Waals surface area contributed by atoms with Crippen LogP contribution in [0.2, 0.25) is 10.0 Å². The van der Waals surface area contributed by atoms with Gasteiger partial charge >= 0.3 is 0 Å². The first-order valence-electron chi connectivity index (χ1n) is 8.21. The van der Waals surface area contributed by atoms with Crippen LogP contribution in [0.4, 0.5) is 11.4 Å². The molecule has 0 aliphatic heterocycles. The van der Waals surface area contributed by atoms with Gasteiger partial charge in [-0.3, -0.25) is 9.59 Å². The summed E-state index contributed by atoms with van der Waals surface area (Å²) in [5.74, 6) is -0.579. The molecule has 0 saturated carbocycles. The summed E-state index contributed by atoms with van der Waals surface area (Å²) < 4.78 is 0. The maximum absolute atomic E-state index is 12.4. The number of rotatable bonds is 4. The lowest BCUT2D eigenvalue weighted by atomic mass is 9.87. The van der Waals surface area contributed by atoms with Crippen molar-refractivity contribution < 1.29 is 9.59 Å². The minimum Gasteiger partial charge on any atom is -0.323 e. The molecular formula is C20H22Cl2N2O2. The maximum atomic E-state index is 12.4. The highest BCUT2D eigenvalue weighted by Gasteiger charge is 2.18. The van der Waals surface area contributed by atoms with Crippen LogP contribution in [0, 0.1) is 0 Å². The first-order chi connectivity index (χ1) is 12.1. The van der Waals surface area contributed by atoms with E-state index in [2.05, 4.69) is 26.1 Å². The highest BCUT2D eigenvalue weighted by atomic mass is 35.5. The van der Waals surface area contributed by atoms with Gasteiger partial charge in [-0.05, 0) is 41.3 Å². The molecule has 1 N–H and O–H groups in total. The molecule has 2 rings (SSSR count). The van der Waals surface area contributed by atoms with E-state index in [0.717, 1.165) is 5.56 Å². The van der Waals surface area contributed by atoms with E-state index in [9.17, 15) is 9.59 Å². The second-order valence-electron chi connectivity index (χ2n) is 7.07. The van der Waals surface area contributed by atoms with E-state index < -0.39 is 0 Å². The van der Waals surface area contributed by atoms with Crippen LogP contribution in [0.5, 0.6) is 0 Å². The Kier molecular flexibility index (Phi) is 6.32. The number of nitrogens with one attached hydrogen (secondary N) is 1. The van der Waals surface area contributed by atoms with Gasteiger partial charge in [0.2, 0.25) is 11.8 Å². The molecule has 6 heteroatoms. The van der Waals surface area contributed by atoms with Gasteiger partial charge in [0, 0.05) is 17.6 Å². The molecule has 0 bridgehead atoms. The van der Waals surface area contributed by atoms with Crippen molar-refractivity contribution in [2.45, 2.75) is 33.1 Å². The SMILES string of the molecule is CC(=O)N(CC(=O)Nc1cc(Cl)ccc1Cl)c1ccc(C(C)(C)C)cc1. The Morgan fingerprint density at radius 3 is 2.19 bits per heavy atom. The molecule has 0 unspecified atom stereocenters. The quantitative estimate of drug-likeness (QED) is 0.768. The van der Waals surface area contributed by atoms with Crippen LogP contribution in [-0.2, 0) is 15.0 Å². The molecule has 0 atom stereocenters.